The molecule has 0 unspecified atom stereocenters. The highest BCUT2D eigenvalue weighted by Gasteiger charge is 2.41. The Bertz CT molecular complexity index is 456. The molecule has 0 amide bonds. The molecule has 1 aromatic carbocycles. The van der Waals surface area contributed by atoms with Crippen LogP contribution >= 0.6 is 0 Å². The molecular formula is C15H21FO2. The molecule has 2 nitrogen and oxygen atoms in total. The Morgan fingerprint density at radius 1 is 1.39 bits per heavy atom. The van der Waals surface area contributed by atoms with Gasteiger partial charge in [-0.3, -0.25) is 0 Å². The van der Waals surface area contributed by atoms with Gasteiger partial charge < -0.3 is 9.84 Å². The van der Waals surface area contributed by atoms with Crippen molar-refractivity contribution in [2.24, 2.45) is 0 Å². The standard InChI is InChI=1S/C15H21FO2/c1-10-5-6-12(14(2,3)16)13(18-4)11(10)9-15(17)7-8-15/h5-6,17H,7-9H2,1-4H3. The predicted octanol–water partition coefficient (Wildman–Crippen LogP) is 3.28. The largest absolute Gasteiger partial charge is 0.496 e. The number of ether oxygens (including phenoxy) is 1. The van der Waals surface area contributed by atoms with Crippen LogP contribution in [0.5, 0.6) is 5.75 Å². The summed E-state index contributed by atoms with van der Waals surface area (Å²) in [6, 6.07) is 3.68. The van der Waals surface area contributed by atoms with Crippen molar-refractivity contribution in [1.82, 2.24) is 0 Å². The lowest BCUT2D eigenvalue weighted by molar-refractivity contribution is 0.149. The highest BCUT2D eigenvalue weighted by molar-refractivity contribution is 5.49. The van der Waals surface area contributed by atoms with E-state index >= 15 is 0 Å². The molecule has 0 saturated heterocycles. The van der Waals surface area contributed by atoms with Gasteiger partial charge in [0, 0.05) is 17.5 Å². The minimum Gasteiger partial charge on any atom is -0.496 e. The zero-order chi connectivity index (χ0) is 13.6. The summed E-state index contributed by atoms with van der Waals surface area (Å²) in [6.07, 6.45) is 2.18. The minimum atomic E-state index is -1.44. The average Bonchev–Trinajstić information content (AvgIpc) is 2.97. The second-order valence-corrected chi connectivity index (χ2v) is 5.82. The van der Waals surface area contributed by atoms with E-state index in [4.69, 9.17) is 4.74 Å². The van der Waals surface area contributed by atoms with Gasteiger partial charge in [0.25, 0.3) is 0 Å². The van der Waals surface area contributed by atoms with Crippen molar-refractivity contribution >= 4 is 0 Å². The van der Waals surface area contributed by atoms with Crippen molar-refractivity contribution in [3.8, 4) is 5.75 Å². The molecule has 1 aromatic rings. The summed E-state index contributed by atoms with van der Waals surface area (Å²) in [5.41, 5.74) is 0.479. The van der Waals surface area contributed by atoms with Crippen LogP contribution < -0.4 is 4.74 Å². The van der Waals surface area contributed by atoms with Crippen LogP contribution in [-0.4, -0.2) is 17.8 Å². The van der Waals surface area contributed by atoms with Crippen LogP contribution in [0.15, 0.2) is 12.1 Å². The van der Waals surface area contributed by atoms with Crippen LogP contribution in [0.4, 0.5) is 4.39 Å². The van der Waals surface area contributed by atoms with Crippen LogP contribution in [0.2, 0.25) is 0 Å². The number of rotatable bonds is 4. The van der Waals surface area contributed by atoms with E-state index in [0.29, 0.717) is 17.7 Å². The molecule has 1 aliphatic rings. The first kappa shape index (κ1) is 13.3. The van der Waals surface area contributed by atoms with E-state index < -0.39 is 11.3 Å². The van der Waals surface area contributed by atoms with Gasteiger partial charge in [0.15, 0.2) is 0 Å². The van der Waals surface area contributed by atoms with Crippen LogP contribution in [0.25, 0.3) is 0 Å². The second kappa shape index (κ2) is 4.23. The molecule has 1 fully saturated rings. The molecule has 0 bridgehead atoms. The van der Waals surface area contributed by atoms with E-state index in [0.717, 1.165) is 24.0 Å². The molecule has 1 aliphatic carbocycles. The predicted molar refractivity (Wildman–Crippen MR) is 69.8 cm³/mol. The lowest BCUT2D eigenvalue weighted by atomic mass is 9.91. The molecule has 100 valence electrons. The van der Waals surface area contributed by atoms with Crippen LogP contribution in [0, 0.1) is 6.92 Å². The SMILES string of the molecule is COc1c(C(C)(C)F)ccc(C)c1CC1(O)CC1. The molecule has 1 N–H and O–H groups in total. The summed E-state index contributed by atoms with van der Waals surface area (Å²) in [5.74, 6) is 0.586. The van der Waals surface area contributed by atoms with Crippen molar-refractivity contribution in [3.63, 3.8) is 0 Å². The molecule has 3 heteroatoms. The fraction of sp³-hybridized carbons (Fsp3) is 0.600. The van der Waals surface area contributed by atoms with Crippen LogP contribution in [0.1, 0.15) is 43.4 Å². The number of hydrogen-bond acceptors (Lipinski definition) is 2. The Kier molecular flexibility index (Phi) is 3.14. The summed E-state index contributed by atoms with van der Waals surface area (Å²) >= 11 is 0. The van der Waals surface area contributed by atoms with E-state index in [2.05, 4.69) is 0 Å². The molecule has 2 rings (SSSR count). The maximum absolute atomic E-state index is 14.2. The fourth-order valence-electron chi connectivity index (χ4n) is 2.30. The Balaban J connectivity index is 2.49. The monoisotopic (exact) mass is 252 g/mol. The lowest BCUT2D eigenvalue weighted by Crippen LogP contribution is -2.17. The third-order valence-electron chi connectivity index (χ3n) is 3.67. The summed E-state index contributed by atoms with van der Waals surface area (Å²) < 4.78 is 19.6. The van der Waals surface area contributed by atoms with Gasteiger partial charge in [0.1, 0.15) is 11.4 Å². The highest BCUT2D eigenvalue weighted by Crippen LogP contribution is 2.43. The smallest absolute Gasteiger partial charge is 0.134 e. The summed E-state index contributed by atoms with van der Waals surface area (Å²) in [4.78, 5) is 0. The lowest BCUT2D eigenvalue weighted by Gasteiger charge is -2.23. The second-order valence-electron chi connectivity index (χ2n) is 5.82. The van der Waals surface area contributed by atoms with Gasteiger partial charge in [0.2, 0.25) is 0 Å². The summed E-state index contributed by atoms with van der Waals surface area (Å²) in [7, 11) is 1.56. The van der Waals surface area contributed by atoms with E-state index in [1.165, 1.54) is 13.8 Å². The van der Waals surface area contributed by atoms with Gasteiger partial charge >= 0.3 is 0 Å². The zero-order valence-corrected chi connectivity index (χ0v) is 11.5. The average molecular weight is 252 g/mol. The van der Waals surface area contributed by atoms with Gasteiger partial charge in [-0.1, -0.05) is 12.1 Å². The molecule has 0 heterocycles. The molecule has 0 spiro atoms. The van der Waals surface area contributed by atoms with E-state index in [1.54, 1.807) is 13.2 Å². The number of methoxy groups -OCH3 is 1. The summed E-state index contributed by atoms with van der Waals surface area (Å²) in [5, 5.41) is 10.1. The van der Waals surface area contributed by atoms with Crippen LogP contribution in [0.3, 0.4) is 0 Å². The van der Waals surface area contributed by atoms with Crippen molar-refractivity contribution in [3.05, 3.63) is 28.8 Å². The maximum Gasteiger partial charge on any atom is 0.134 e. The Morgan fingerprint density at radius 2 is 2.00 bits per heavy atom. The Labute approximate surface area is 108 Å². The van der Waals surface area contributed by atoms with Gasteiger partial charge in [-0.05, 0) is 39.2 Å². The summed E-state index contributed by atoms with van der Waals surface area (Å²) in [6.45, 7) is 5.02. The Hall–Kier alpha value is -1.09. The van der Waals surface area contributed by atoms with Gasteiger partial charge in [-0.15, -0.1) is 0 Å². The van der Waals surface area contributed by atoms with Crippen molar-refractivity contribution in [2.45, 2.75) is 51.3 Å². The zero-order valence-electron chi connectivity index (χ0n) is 11.5. The first-order valence-electron chi connectivity index (χ1n) is 6.35. The quantitative estimate of drug-likeness (QED) is 0.891. The van der Waals surface area contributed by atoms with Crippen molar-refractivity contribution in [1.29, 1.82) is 0 Å². The van der Waals surface area contributed by atoms with Gasteiger partial charge in [-0.2, -0.15) is 0 Å². The number of halogens is 1. The molecule has 0 aliphatic heterocycles. The molecule has 18 heavy (non-hydrogen) atoms. The maximum atomic E-state index is 14.2. The van der Waals surface area contributed by atoms with E-state index in [1.807, 2.05) is 13.0 Å². The molecular weight excluding hydrogens is 231 g/mol. The number of hydrogen-bond donors (Lipinski definition) is 1. The molecule has 1 saturated carbocycles. The van der Waals surface area contributed by atoms with E-state index in [9.17, 15) is 9.50 Å². The minimum absolute atomic E-state index is 0.548. The van der Waals surface area contributed by atoms with E-state index in [-0.39, 0.29) is 0 Å². The number of alkyl halides is 1. The van der Waals surface area contributed by atoms with Crippen LogP contribution in [-0.2, 0) is 12.1 Å². The first-order chi connectivity index (χ1) is 8.27. The first-order valence-corrected chi connectivity index (χ1v) is 6.35. The number of aliphatic hydroxyl groups is 1. The molecule has 0 radical (unpaired) electrons. The van der Waals surface area contributed by atoms with Crippen molar-refractivity contribution < 1.29 is 14.2 Å². The third kappa shape index (κ3) is 2.51. The topological polar surface area (TPSA) is 29.5 Å². The Morgan fingerprint density at radius 3 is 2.44 bits per heavy atom. The normalized spacial score (nSPS) is 17.7. The number of benzene rings is 1. The molecule has 0 aromatic heterocycles. The third-order valence-corrected chi connectivity index (χ3v) is 3.67. The number of aryl methyl sites for hydroxylation is 1. The highest BCUT2D eigenvalue weighted by atomic mass is 19.1. The fourth-order valence-corrected chi connectivity index (χ4v) is 2.30. The van der Waals surface area contributed by atoms with Gasteiger partial charge in [0.05, 0.1) is 12.7 Å². The van der Waals surface area contributed by atoms with Gasteiger partial charge in [-0.25, -0.2) is 4.39 Å². The molecule has 0 atom stereocenters. The van der Waals surface area contributed by atoms with Crippen molar-refractivity contribution in [2.75, 3.05) is 7.11 Å².